The highest BCUT2D eigenvalue weighted by Crippen LogP contribution is 2.47. The third kappa shape index (κ3) is 2.82. The number of fused-ring (bicyclic) bond motifs is 1. The van der Waals surface area contributed by atoms with Crippen molar-refractivity contribution in [1.82, 2.24) is 0 Å². The van der Waals surface area contributed by atoms with Crippen molar-refractivity contribution in [3.05, 3.63) is 95.6 Å². The molecule has 2 amide bonds. The van der Waals surface area contributed by atoms with Crippen molar-refractivity contribution in [2.75, 3.05) is 9.96 Å². The zero-order valence-corrected chi connectivity index (χ0v) is 16.9. The summed E-state index contributed by atoms with van der Waals surface area (Å²) in [5.41, 5.74) is 4.41. The zero-order valence-electron chi connectivity index (χ0n) is 16.9. The highest BCUT2D eigenvalue weighted by atomic mass is 16.7. The molecule has 5 nitrogen and oxygen atoms in total. The molecule has 2 heterocycles. The Morgan fingerprint density at radius 1 is 0.767 bits per heavy atom. The van der Waals surface area contributed by atoms with Crippen molar-refractivity contribution in [1.29, 1.82) is 0 Å². The summed E-state index contributed by atoms with van der Waals surface area (Å²) >= 11 is 0. The van der Waals surface area contributed by atoms with Gasteiger partial charge in [0.15, 0.2) is 6.10 Å². The predicted octanol–water partition coefficient (Wildman–Crippen LogP) is 4.35. The maximum Gasteiger partial charge on any atom is 0.266 e. The zero-order chi connectivity index (χ0) is 20.8. The molecule has 150 valence electrons. The average Bonchev–Trinajstić information content (AvgIpc) is 3.26. The summed E-state index contributed by atoms with van der Waals surface area (Å²) in [6, 6.07) is 24.7. The number of amides is 2. The van der Waals surface area contributed by atoms with E-state index in [4.69, 9.17) is 4.84 Å². The molecule has 30 heavy (non-hydrogen) atoms. The van der Waals surface area contributed by atoms with Gasteiger partial charge in [0.05, 0.1) is 17.4 Å². The van der Waals surface area contributed by atoms with Crippen LogP contribution in [0.2, 0.25) is 0 Å². The average molecular weight is 398 g/mol. The molecule has 0 saturated carbocycles. The molecule has 5 heteroatoms. The second-order valence-electron chi connectivity index (χ2n) is 7.87. The van der Waals surface area contributed by atoms with Crippen molar-refractivity contribution in [2.24, 2.45) is 5.92 Å². The summed E-state index contributed by atoms with van der Waals surface area (Å²) in [7, 11) is 0. The van der Waals surface area contributed by atoms with Gasteiger partial charge in [-0.25, -0.2) is 9.96 Å². The highest BCUT2D eigenvalue weighted by molar-refractivity contribution is 6.24. The van der Waals surface area contributed by atoms with Gasteiger partial charge >= 0.3 is 0 Å². The third-order valence-electron chi connectivity index (χ3n) is 5.90. The Balaban J connectivity index is 1.60. The lowest BCUT2D eigenvalue weighted by Gasteiger charge is -2.29. The van der Waals surface area contributed by atoms with Gasteiger partial charge in [0, 0.05) is 0 Å². The normalized spacial score (nSPS) is 23.2. The lowest BCUT2D eigenvalue weighted by Crippen LogP contribution is -2.37. The molecule has 0 spiro atoms. The van der Waals surface area contributed by atoms with Crippen molar-refractivity contribution < 1.29 is 14.4 Å². The van der Waals surface area contributed by atoms with Crippen LogP contribution in [0.4, 0.5) is 11.4 Å². The van der Waals surface area contributed by atoms with Crippen LogP contribution in [0.5, 0.6) is 0 Å². The molecule has 3 aromatic carbocycles. The fourth-order valence-corrected chi connectivity index (χ4v) is 4.37. The van der Waals surface area contributed by atoms with E-state index < -0.39 is 12.0 Å². The first-order chi connectivity index (χ1) is 14.6. The topological polar surface area (TPSA) is 49.9 Å². The fraction of sp³-hybridized carbons (Fsp3) is 0.200. The number of para-hydroxylation sites is 2. The van der Waals surface area contributed by atoms with E-state index >= 15 is 0 Å². The van der Waals surface area contributed by atoms with Crippen molar-refractivity contribution in [3.8, 4) is 0 Å². The molecule has 3 unspecified atom stereocenters. The standard InChI is InChI=1S/C25H22N2O3/c1-16-12-14-18(15-13-16)22-21-23(30-27(22)19-9-4-3-5-10-19)25(29)26(24(21)28)20-11-7-6-8-17(20)2/h3-15,21-23H,1-2H3. The molecule has 2 saturated heterocycles. The van der Waals surface area contributed by atoms with Crippen LogP contribution in [0.1, 0.15) is 22.7 Å². The number of anilines is 2. The smallest absolute Gasteiger partial charge is 0.266 e. The minimum atomic E-state index is -0.844. The number of carbonyl (C=O) groups excluding carboxylic acids is 2. The summed E-state index contributed by atoms with van der Waals surface area (Å²) in [6.45, 7) is 3.93. The maximum atomic E-state index is 13.6. The molecular weight excluding hydrogens is 376 g/mol. The molecule has 0 aliphatic carbocycles. The van der Waals surface area contributed by atoms with Gasteiger partial charge in [-0.3, -0.25) is 14.4 Å². The van der Waals surface area contributed by atoms with E-state index in [2.05, 4.69) is 0 Å². The van der Waals surface area contributed by atoms with Gasteiger partial charge < -0.3 is 0 Å². The van der Waals surface area contributed by atoms with E-state index in [0.29, 0.717) is 5.69 Å². The summed E-state index contributed by atoms with van der Waals surface area (Å²) in [5, 5.41) is 1.73. The van der Waals surface area contributed by atoms with Crippen molar-refractivity contribution >= 4 is 23.2 Å². The monoisotopic (exact) mass is 398 g/mol. The minimum Gasteiger partial charge on any atom is -0.273 e. The molecule has 0 aromatic heterocycles. The number of hydrogen-bond donors (Lipinski definition) is 0. The molecule has 0 bridgehead atoms. The van der Waals surface area contributed by atoms with Crippen LogP contribution in [0.25, 0.3) is 0 Å². The molecule has 2 aliphatic heterocycles. The predicted molar refractivity (Wildman–Crippen MR) is 115 cm³/mol. The molecule has 2 fully saturated rings. The first-order valence-corrected chi connectivity index (χ1v) is 10.1. The largest absolute Gasteiger partial charge is 0.273 e. The van der Waals surface area contributed by atoms with E-state index in [1.54, 1.807) is 5.06 Å². The quantitative estimate of drug-likeness (QED) is 0.616. The Labute approximate surface area is 175 Å². The van der Waals surface area contributed by atoms with Crippen LogP contribution in [-0.4, -0.2) is 17.9 Å². The van der Waals surface area contributed by atoms with Gasteiger partial charge in [-0.2, -0.15) is 0 Å². The van der Waals surface area contributed by atoms with E-state index in [0.717, 1.165) is 22.4 Å². The van der Waals surface area contributed by atoms with Gasteiger partial charge in [-0.1, -0.05) is 66.2 Å². The van der Waals surface area contributed by atoms with E-state index in [1.807, 2.05) is 92.7 Å². The van der Waals surface area contributed by atoms with Crippen LogP contribution in [-0.2, 0) is 14.4 Å². The second-order valence-corrected chi connectivity index (χ2v) is 7.87. The molecule has 3 aromatic rings. The fourth-order valence-electron chi connectivity index (χ4n) is 4.37. The summed E-state index contributed by atoms with van der Waals surface area (Å²) in [5.74, 6) is -1.14. The second kappa shape index (κ2) is 7.11. The molecule has 0 radical (unpaired) electrons. The molecule has 2 aliphatic rings. The Hall–Kier alpha value is -3.44. The lowest BCUT2D eigenvalue weighted by molar-refractivity contribution is -0.126. The Morgan fingerprint density at radius 2 is 1.43 bits per heavy atom. The first kappa shape index (κ1) is 18.6. The SMILES string of the molecule is Cc1ccc(C2C3C(=O)N(c4ccccc4C)C(=O)C3ON2c2ccccc2)cc1. The maximum absolute atomic E-state index is 13.6. The minimum absolute atomic E-state index is 0.219. The van der Waals surface area contributed by atoms with E-state index in [-0.39, 0.29) is 17.9 Å². The highest BCUT2D eigenvalue weighted by Gasteiger charge is 2.60. The van der Waals surface area contributed by atoms with E-state index in [9.17, 15) is 9.59 Å². The summed E-state index contributed by atoms with van der Waals surface area (Å²) in [6.07, 6.45) is -0.844. The number of nitrogens with zero attached hydrogens (tertiary/aromatic N) is 2. The van der Waals surface area contributed by atoms with E-state index in [1.165, 1.54) is 4.90 Å². The van der Waals surface area contributed by atoms with Gasteiger partial charge in [-0.05, 0) is 43.2 Å². The number of hydrogen-bond acceptors (Lipinski definition) is 4. The number of imide groups is 1. The number of benzene rings is 3. The summed E-state index contributed by atoms with van der Waals surface area (Å²) in [4.78, 5) is 34.4. The molecular formula is C25H22N2O3. The van der Waals surface area contributed by atoms with Crippen molar-refractivity contribution in [3.63, 3.8) is 0 Å². The van der Waals surface area contributed by atoms with Gasteiger partial charge in [0.1, 0.15) is 5.92 Å². The Bertz CT molecular complexity index is 1110. The number of rotatable bonds is 3. The van der Waals surface area contributed by atoms with Gasteiger partial charge in [-0.15, -0.1) is 0 Å². The van der Waals surface area contributed by atoms with Gasteiger partial charge in [0.2, 0.25) is 5.91 Å². The molecule has 3 atom stereocenters. The van der Waals surface area contributed by atoms with Crippen LogP contribution in [0.15, 0.2) is 78.9 Å². The Kier molecular flexibility index (Phi) is 4.40. The van der Waals surface area contributed by atoms with Gasteiger partial charge in [0.25, 0.3) is 5.91 Å². The third-order valence-corrected chi connectivity index (χ3v) is 5.90. The molecule has 5 rings (SSSR count). The number of hydroxylamine groups is 1. The van der Waals surface area contributed by atoms with Crippen LogP contribution in [0.3, 0.4) is 0 Å². The number of carbonyl (C=O) groups is 2. The van der Waals surface area contributed by atoms with Crippen molar-refractivity contribution in [2.45, 2.75) is 26.0 Å². The first-order valence-electron chi connectivity index (χ1n) is 10.1. The Morgan fingerprint density at radius 3 is 2.13 bits per heavy atom. The summed E-state index contributed by atoms with van der Waals surface area (Å²) < 4.78 is 0. The van der Waals surface area contributed by atoms with Crippen LogP contribution >= 0.6 is 0 Å². The molecule has 0 N–H and O–H groups in total. The lowest BCUT2D eigenvalue weighted by atomic mass is 9.90. The van der Waals surface area contributed by atoms with Crippen LogP contribution < -0.4 is 9.96 Å². The van der Waals surface area contributed by atoms with Crippen LogP contribution in [0, 0.1) is 19.8 Å². The number of aryl methyl sites for hydroxylation is 2.